The lowest BCUT2D eigenvalue weighted by atomic mass is 10.1. The van der Waals surface area contributed by atoms with Gasteiger partial charge in [-0.2, -0.15) is 13.2 Å². The van der Waals surface area contributed by atoms with Crippen molar-refractivity contribution in [1.29, 1.82) is 0 Å². The number of ether oxygens (including phenoxy) is 2. The van der Waals surface area contributed by atoms with Crippen LogP contribution in [0.1, 0.15) is 30.5 Å². The smallest absolute Gasteiger partial charge is 0.416 e. The number of hydrogen-bond acceptors (Lipinski definition) is 3. The molecule has 2 atom stereocenters. The van der Waals surface area contributed by atoms with Crippen LogP contribution in [0.3, 0.4) is 0 Å². The lowest BCUT2D eigenvalue weighted by Gasteiger charge is -2.34. The molecule has 3 rings (SSSR count). The number of hydrogen-bond donors (Lipinski definition) is 0. The fraction of sp³-hybridized carbons (Fsp3) is 0.348. The minimum Gasteiger partial charge on any atom is -0.489 e. The molecule has 1 aliphatic rings. The molecule has 7 heteroatoms. The molecule has 1 amide bonds. The highest BCUT2D eigenvalue weighted by molar-refractivity contribution is 5.91. The van der Waals surface area contributed by atoms with Crippen LogP contribution >= 0.6 is 0 Å². The van der Waals surface area contributed by atoms with E-state index < -0.39 is 11.7 Å². The van der Waals surface area contributed by atoms with Crippen molar-refractivity contribution in [2.45, 2.75) is 38.8 Å². The number of rotatable bonds is 5. The standard InChI is InChI=1S/C23H24F3NO3/c1-16-13-27(14-17(2)30-16)22(28)11-8-18-4-3-5-21(12-18)29-15-19-6-9-20(10-7-19)23(24,25)26/h3-12,16-17H,13-15H2,1-2H3. The Morgan fingerprint density at radius 2 is 1.80 bits per heavy atom. The molecule has 0 saturated carbocycles. The van der Waals surface area contributed by atoms with Gasteiger partial charge in [0.2, 0.25) is 5.91 Å². The van der Waals surface area contributed by atoms with Crippen LogP contribution in [0.15, 0.2) is 54.6 Å². The molecule has 0 aromatic heterocycles. The molecule has 160 valence electrons. The van der Waals surface area contributed by atoms with Crippen molar-refractivity contribution in [1.82, 2.24) is 4.90 Å². The number of alkyl halides is 3. The summed E-state index contributed by atoms with van der Waals surface area (Å²) in [5.41, 5.74) is 0.740. The van der Waals surface area contributed by atoms with Gasteiger partial charge < -0.3 is 14.4 Å². The van der Waals surface area contributed by atoms with E-state index in [1.54, 1.807) is 29.2 Å². The summed E-state index contributed by atoms with van der Waals surface area (Å²) in [5, 5.41) is 0. The van der Waals surface area contributed by atoms with E-state index in [0.717, 1.165) is 17.7 Å². The maximum absolute atomic E-state index is 12.6. The maximum Gasteiger partial charge on any atom is 0.416 e. The Hall–Kier alpha value is -2.80. The second kappa shape index (κ2) is 9.34. The van der Waals surface area contributed by atoms with Crippen LogP contribution in [0, 0.1) is 0 Å². The predicted octanol–water partition coefficient (Wildman–Crippen LogP) is 4.93. The molecular formula is C23H24F3NO3. The van der Waals surface area contributed by atoms with Crippen LogP contribution in [0.2, 0.25) is 0 Å². The van der Waals surface area contributed by atoms with E-state index in [1.807, 2.05) is 19.9 Å². The van der Waals surface area contributed by atoms with E-state index in [2.05, 4.69) is 0 Å². The zero-order valence-corrected chi connectivity index (χ0v) is 16.9. The van der Waals surface area contributed by atoms with E-state index >= 15 is 0 Å². The summed E-state index contributed by atoms with van der Waals surface area (Å²) < 4.78 is 49.2. The van der Waals surface area contributed by atoms with Gasteiger partial charge in [0.05, 0.1) is 17.8 Å². The topological polar surface area (TPSA) is 38.8 Å². The van der Waals surface area contributed by atoms with Crippen molar-refractivity contribution in [2.24, 2.45) is 0 Å². The number of carbonyl (C=O) groups is 1. The summed E-state index contributed by atoms with van der Waals surface area (Å²) >= 11 is 0. The van der Waals surface area contributed by atoms with E-state index in [1.165, 1.54) is 18.2 Å². The van der Waals surface area contributed by atoms with Crippen molar-refractivity contribution in [2.75, 3.05) is 13.1 Å². The van der Waals surface area contributed by atoms with Crippen LogP contribution in [0.25, 0.3) is 6.08 Å². The Morgan fingerprint density at radius 1 is 1.13 bits per heavy atom. The van der Waals surface area contributed by atoms with Gasteiger partial charge in [-0.25, -0.2) is 0 Å². The van der Waals surface area contributed by atoms with E-state index in [9.17, 15) is 18.0 Å². The highest BCUT2D eigenvalue weighted by Crippen LogP contribution is 2.29. The lowest BCUT2D eigenvalue weighted by molar-refractivity contribution is -0.138. The van der Waals surface area contributed by atoms with Gasteiger partial charge in [0.25, 0.3) is 0 Å². The Morgan fingerprint density at radius 3 is 2.43 bits per heavy atom. The third-order valence-electron chi connectivity index (χ3n) is 4.69. The van der Waals surface area contributed by atoms with Crippen molar-refractivity contribution < 1.29 is 27.4 Å². The monoisotopic (exact) mass is 419 g/mol. The molecule has 1 aliphatic heterocycles. The summed E-state index contributed by atoms with van der Waals surface area (Å²) in [6.45, 7) is 5.15. The van der Waals surface area contributed by atoms with Gasteiger partial charge in [0, 0.05) is 19.2 Å². The van der Waals surface area contributed by atoms with E-state index in [-0.39, 0.29) is 24.7 Å². The number of morpholine rings is 1. The molecule has 0 bridgehead atoms. The maximum atomic E-state index is 12.6. The molecule has 0 aliphatic carbocycles. The van der Waals surface area contributed by atoms with Gasteiger partial charge in [-0.1, -0.05) is 24.3 Å². The van der Waals surface area contributed by atoms with Gasteiger partial charge in [-0.05, 0) is 55.3 Å². The normalized spacial score (nSPS) is 19.8. The minimum absolute atomic E-state index is 0.00743. The van der Waals surface area contributed by atoms with Crippen LogP contribution in [0.5, 0.6) is 5.75 Å². The summed E-state index contributed by atoms with van der Waals surface area (Å²) in [7, 11) is 0. The number of halogens is 3. The van der Waals surface area contributed by atoms with Crippen molar-refractivity contribution in [3.05, 3.63) is 71.3 Å². The molecule has 0 radical (unpaired) electrons. The van der Waals surface area contributed by atoms with Gasteiger partial charge in [-0.3, -0.25) is 4.79 Å². The largest absolute Gasteiger partial charge is 0.489 e. The van der Waals surface area contributed by atoms with Crippen LogP contribution in [-0.2, 0) is 22.3 Å². The Kier molecular flexibility index (Phi) is 6.82. The van der Waals surface area contributed by atoms with Crippen LogP contribution in [0.4, 0.5) is 13.2 Å². The molecule has 30 heavy (non-hydrogen) atoms. The molecular weight excluding hydrogens is 395 g/mol. The van der Waals surface area contributed by atoms with Crippen molar-refractivity contribution in [3.63, 3.8) is 0 Å². The molecule has 2 aromatic rings. The van der Waals surface area contributed by atoms with Gasteiger partial charge >= 0.3 is 6.18 Å². The second-order valence-electron chi connectivity index (χ2n) is 7.39. The fourth-order valence-corrected chi connectivity index (χ4v) is 3.30. The molecule has 2 unspecified atom stereocenters. The van der Waals surface area contributed by atoms with E-state index in [0.29, 0.717) is 24.4 Å². The average Bonchev–Trinajstić information content (AvgIpc) is 2.70. The van der Waals surface area contributed by atoms with Crippen LogP contribution in [-0.4, -0.2) is 36.1 Å². The van der Waals surface area contributed by atoms with E-state index in [4.69, 9.17) is 9.47 Å². The number of carbonyl (C=O) groups excluding carboxylic acids is 1. The highest BCUT2D eigenvalue weighted by atomic mass is 19.4. The fourth-order valence-electron chi connectivity index (χ4n) is 3.30. The molecule has 0 N–H and O–H groups in total. The van der Waals surface area contributed by atoms with Crippen LogP contribution < -0.4 is 4.74 Å². The zero-order valence-electron chi connectivity index (χ0n) is 16.9. The van der Waals surface area contributed by atoms with Crippen molar-refractivity contribution in [3.8, 4) is 5.75 Å². The molecule has 1 heterocycles. The zero-order chi connectivity index (χ0) is 21.7. The average molecular weight is 419 g/mol. The first kappa shape index (κ1) is 21.9. The minimum atomic E-state index is -4.35. The first-order valence-corrected chi connectivity index (χ1v) is 9.72. The van der Waals surface area contributed by atoms with Gasteiger partial charge in [0.1, 0.15) is 12.4 Å². The van der Waals surface area contributed by atoms with Gasteiger partial charge in [-0.15, -0.1) is 0 Å². The Balaban J connectivity index is 1.58. The third-order valence-corrected chi connectivity index (χ3v) is 4.69. The van der Waals surface area contributed by atoms with Crippen molar-refractivity contribution >= 4 is 12.0 Å². The molecule has 0 spiro atoms. The quantitative estimate of drug-likeness (QED) is 0.645. The summed E-state index contributed by atoms with van der Waals surface area (Å²) in [6, 6.07) is 12.1. The second-order valence-corrected chi connectivity index (χ2v) is 7.39. The number of benzene rings is 2. The highest BCUT2D eigenvalue weighted by Gasteiger charge is 2.30. The predicted molar refractivity (Wildman–Crippen MR) is 108 cm³/mol. The number of nitrogens with zero attached hydrogens (tertiary/aromatic N) is 1. The summed E-state index contributed by atoms with van der Waals surface area (Å²) in [5.74, 6) is 0.492. The first-order valence-electron chi connectivity index (χ1n) is 9.72. The molecule has 4 nitrogen and oxygen atoms in total. The molecule has 1 saturated heterocycles. The SMILES string of the molecule is CC1CN(C(=O)C=Cc2cccc(OCc3ccc(C(F)(F)F)cc3)c2)CC(C)O1. The lowest BCUT2D eigenvalue weighted by Crippen LogP contribution is -2.47. The first-order chi connectivity index (χ1) is 14.2. The Labute approximate surface area is 173 Å². The third kappa shape index (κ3) is 6.10. The molecule has 1 fully saturated rings. The van der Waals surface area contributed by atoms with Gasteiger partial charge in [0.15, 0.2) is 0 Å². The summed E-state index contributed by atoms with van der Waals surface area (Å²) in [4.78, 5) is 14.2. The number of amides is 1. The summed E-state index contributed by atoms with van der Waals surface area (Å²) in [6.07, 6.45) is -1.09. The Bertz CT molecular complexity index is 883. The molecule has 2 aromatic carbocycles.